The molecule has 138 valence electrons. The molecule has 1 unspecified atom stereocenters. The Morgan fingerprint density at radius 1 is 1.07 bits per heavy atom. The van der Waals surface area contributed by atoms with E-state index in [1.165, 1.54) is 16.1 Å². The van der Waals surface area contributed by atoms with E-state index in [9.17, 15) is 9.59 Å². The molecule has 1 heterocycles. The molecule has 0 saturated heterocycles. The standard InChI is InChI=1S/C21H20BrN3O2/c22-15-8-10-16(11-9-15)25-20(26)13-12-19(24-25)21(27)23-18-7-3-5-14-4-1-2-6-17(14)18/h1-2,4,6,8-11,18H,3,5,7,12-13H2,(H,23,27). The van der Waals surface area contributed by atoms with Gasteiger partial charge in [-0.25, -0.2) is 5.01 Å². The lowest BCUT2D eigenvalue weighted by molar-refractivity contribution is -0.119. The van der Waals surface area contributed by atoms with Crippen LogP contribution < -0.4 is 10.3 Å². The third-order valence-corrected chi connectivity index (χ3v) is 5.57. The normalized spacial score (nSPS) is 19.3. The van der Waals surface area contributed by atoms with Crippen molar-refractivity contribution in [3.8, 4) is 0 Å². The van der Waals surface area contributed by atoms with Gasteiger partial charge in [-0.2, -0.15) is 5.10 Å². The highest BCUT2D eigenvalue weighted by Crippen LogP contribution is 2.29. The molecule has 0 bridgehead atoms. The van der Waals surface area contributed by atoms with Gasteiger partial charge in [-0.05, 0) is 54.7 Å². The van der Waals surface area contributed by atoms with Crippen LogP contribution in [0.4, 0.5) is 5.69 Å². The quantitative estimate of drug-likeness (QED) is 0.803. The van der Waals surface area contributed by atoms with Crippen molar-refractivity contribution in [2.75, 3.05) is 5.01 Å². The number of anilines is 1. The van der Waals surface area contributed by atoms with E-state index in [2.05, 4.69) is 38.5 Å². The summed E-state index contributed by atoms with van der Waals surface area (Å²) in [5.41, 5.74) is 3.55. The zero-order valence-corrected chi connectivity index (χ0v) is 16.4. The summed E-state index contributed by atoms with van der Waals surface area (Å²) >= 11 is 3.38. The summed E-state index contributed by atoms with van der Waals surface area (Å²) < 4.78 is 0.925. The summed E-state index contributed by atoms with van der Waals surface area (Å²) in [4.78, 5) is 25.1. The van der Waals surface area contributed by atoms with Crippen LogP contribution in [-0.2, 0) is 16.0 Å². The molecule has 2 aliphatic rings. The molecule has 1 aliphatic carbocycles. The van der Waals surface area contributed by atoms with Crippen LogP contribution in [0.15, 0.2) is 58.1 Å². The van der Waals surface area contributed by atoms with E-state index in [1.54, 1.807) is 0 Å². The molecule has 1 aliphatic heterocycles. The number of amides is 2. The number of nitrogens with one attached hydrogen (secondary N) is 1. The third kappa shape index (κ3) is 3.81. The summed E-state index contributed by atoms with van der Waals surface area (Å²) in [6.45, 7) is 0. The van der Waals surface area contributed by atoms with E-state index in [1.807, 2.05) is 36.4 Å². The molecule has 1 N–H and O–H groups in total. The highest BCUT2D eigenvalue weighted by molar-refractivity contribution is 9.10. The number of benzene rings is 2. The van der Waals surface area contributed by atoms with Crippen LogP contribution in [0.25, 0.3) is 0 Å². The van der Waals surface area contributed by atoms with Gasteiger partial charge in [0.1, 0.15) is 5.71 Å². The SMILES string of the molecule is O=C(NC1CCCc2ccccc21)C1=NN(c2ccc(Br)cc2)C(=O)CC1. The first kappa shape index (κ1) is 17.9. The lowest BCUT2D eigenvalue weighted by Gasteiger charge is -2.28. The van der Waals surface area contributed by atoms with E-state index < -0.39 is 0 Å². The fourth-order valence-corrected chi connectivity index (χ4v) is 3.91. The van der Waals surface area contributed by atoms with Crippen LogP contribution in [0, 0.1) is 0 Å². The van der Waals surface area contributed by atoms with Gasteiger partial charge in [-0.3, -0.25) is 9.59 Å². The Balaban J connectivity index is 1.54. The maximum absolute atomic E-state index is 12.8. The van der Waals surface area contributed by atoms with Gasteiger partial charge in [-0.15, -0.1) is 0 Å². The Labute approximate surface area is 166 Å². The molecule has 4 rings (SSSR count). The van der Waals surface area contributed by atoms with Crippen molar-refractivity contribution < 1.29 is 9.59 Å². The molecular weight excluding hydrogens is 406 g/mol. The molecule has 0 aromatic heterocycles. The fourth-order valence-electron chi connectivity index (χ4n) is 3.65. The van der Waals surface area contributed by atoms with Crippen molar-refractivity contribution in [2.45, 2.75) is 38.1 Å². The van der Waals surface area contributed by atoms with Gasteiger partial charge in [0.15, 0.2) is 0 Å². The minimum absolute atomic E-state index is 0.00362. The van der Waals surface area contributed by atoms with Crippen molar-refractivity contribution >= 4 is 39.1 Å². The molecule has 5 nitrogen and oxygen atoms in total. The number of aryl methyl sites for hydroxylation is 1. The van der Waals surface area contributed by atoms with Gasteiger partial charge in [-0.1, -0.05) is 40.2 Å². The highest BCUT2D eigenvalue weighted by atomic mass is 79.9. The van der Waals surface area contributed by atoms with Crippen molar-refractivity contribution in [2.24, 2.45) is 5.10 Å². The molecule has 0 radical (unpaired) electrons. The predicted molar refractivity (Wildman–Crippen MR) is 109 cm³/mol. The number of hydrogen-bond acceptors (Lipinski definition) is 3. The summed E-state index contributed by atoms with van der Waals surface area (Å²) in [6.07, 6.45) is 3.67. The van der Waals surface area contributed by atoms with Crippen LogP contribution in [0.5, 0.6) is 0 Å². The van der Waals surface area contributed by atoms with Crippen LogP contribution in [0.2, 0.25) is 0 Å². The third-order valence-electron chi connectivity index (χ3n) is 5.04. The molecule has 6 heteroatoms. The van der Waals surface area contributed by atoms with Crippen LogP contribution in [0.3, 0.4) is 0 Å². The molecule has 2 aromatic rings. The van der Waals surface area contributed by atoms with Crippen LogP contribution in [-0.4, -0.2) is 17.5 Å². The monoisotopic (exact) mass is 425 g/mol. The average molecular weight is 426 g/mol. The number of halogens is 1. The molecule has 1 atom stereocenters. The van der Waals surface area contributed by atoms with E-state index in [-0.39, 0.29) is 24.3 Å². The molecule has 0 spiro atoms. The molecule has 0 saturated carbocycles. The maximum Gasteiger partial charge on any atom is 0.267 e. The minimum Gasteiger partial charge on any atom is -0.344 e. The highest BCUT2D eigenvalue weighted by Gasteiger charge is 2.28. The maximum atomic E-state index is 12.8. The van der Waals surface area contributed by atoms with Crippen molar-refractivity contribution in [1.29, 1.82) is 0 Å². The first-order chi connectivity index (χ1) is 13.1. The van der Waals surface area contributed by atoms with E-state index >= 15 is 0 Å². The number of fused-ring (bicyclic) bond motifs is 1. The van der Waals surface area contributed by atoms with E-state index in [4.69, 9.17) is 0 Å². The van der Waals surface area contributed by atoms with Crippen molar-refractivity contribution in [3.05, 3.63) is 64.1 Å². The number of hydrazone groups is 1. The number of rotatable bonds is 3. The number of carbonyl (C=O) groups excluding carboxylic acids is 2. The van der Waals surface area contributed by atoms with Crippen molar-refractivity contribution in [1.82, 2.24) is 5.32 Å². The molecular formula is C21H20BrN3O2. The molecule has 0 fully saturated rings. The lowest BCUT2D eigenvalue weighted by atomic mass is 9.87. The van der Waals surface area contributed by atoms with Crippen LogP contribution in [0.1, 0.15) is 42.9 Å². The zero-order valence-electron chi connectivity index (χ0n) is 14.8. The van der Waals surface area contributed by atoms with Crippen molar-refractivity contribution in [3.63, 3.8) is 0 Å². The van der Waals surface area contributed by atoms with E-state index in [0.29, 0.717) is 17.8 Å². The second kappa shape index (κ2) is 7.64. The Morgan fingerprint density at radius 2 is 1.85 bits per heavy atom. The van der Waals surface area contributed by atoms with Crippen LogP contribution >= 0.6 is 15.9 Å². The second-order valence-electron chi connectivity index (χ2n) is 6.85. The van der Waals surface area contributed by atoms with Gasteiger partial charge in [0.05, 0.1) is 11.7 Å². The average Bonchev–Trinajstić information content (AvgIpc) is 2.69. The predicted octanol–water partition coefficient (Wildman–Crippen LogP) is 4.13. The van der Waals surface area contributed by atoms with Gasteiger partial charge < -0.3 is 5.32 Å². The Morgan fingerprint density at radius 3 is 2.67 bits per heavy atom. The fraction of sp³-hybridized carbons (Fsp3) is 0.286. The summed E-state index contributed by atoms with van der Waals surface area (Å²) in [5.74, 6) is -0.289. The molecule has 2 aromatic carbocycles. The van der Waals surface area contributed by atoms with E-state index in [0.717, 1.165) is 23.7 Å². The van der Waals surface area contributed by atoms with Gasteiger partial charge in [0, 0.05) is 17.3 Å². The number of hydrogen-bond donors (Lipinski definition) is 1. The lowest BCUT2D eigenvalue weighted by Crippen LogP contribution is -2.41. The largest absolute Gasteiger partial charge is 0.344 e. The first-order valence-electron chi connectivity index (χ1n) is 9.16. The summed E-state index contributed by atoms with van der Waals surface area (Å²) in [5, 5.41) is 8.82. The number of carbonyl (C=O) groups is 2. The van der Waals surface area contributed by atoms with Gasteiger partial charge >= 0.3 is 0 Å². The first-order valence-corrected chi connectivity index (χ1v) is 9.96. The Bertz CT molecular complexity index is 908. The zero-order chi connectivity index (χ0) is 18.8. The molecule has 27 heavy (non-hydrogen) atoms. The van der Waals surface area contributed by atoms with Gasteiger partial charge in [0.25, 0.3) is 5.91 Å². The Hall–Kier alpha value is -2.47. The summed E-state index contributed by atoms with van der Waals surface area (Å²) in [7, 11) is 0. The molecule has 2 amide bonds. The smallest absolute Gasteiger partial charge is 0.267 e. The second-order valence-corrected chi connectivity index (χ2v) is 7.76. The summed E-state index contributed by atoms with van der Waals surface area (Å²) in [6, 6.07) is 15.6. The topological polar surface area (TPSA) is 61.8 Å². The number of nitrogens with zero attached hydrogens (tertiary/aromatic N) is 2. The minimum atomic E-state index is -0.189. The Kier molecular flexibility index (Phi) is 5.07. The van der Waals surface area contributed by atoms with Gasteiger partial charge in [0.2, 0.25) is 5.91 Å².